The van der Waals surface area contributed by atoms with E-state index in [2.05, 4.69) is 23.2 Å². The van der Waals surface area contributed by atoms with Crippen molar-refractivity contribution in [1.82, 2.24) is 5.32 Å². The normalized spacial score (nSPS) is 19.4. The summed E-state index contributed by atoms with van der Waals surface area (Å²) in [5, 5.41) is 4.31. The lowest BCUT2D eigenvalue weighted by Gasteiger charge is -2.35. The predicted octanol–water partition coefficient (Wildman–Crippen LogP) is 3.45. The molecule has 1 aromatic rings. The largest absolute Gasteiger partial charge is 0.380 e. The number of hydrogen-bond donors (Lipinski definition) is 1. The van der Waals surface area contributed by atoms with Crippen LogP contribution in [0.15, 0.2) is 18.2 Å². The van der Waals surface area contributed by atoms with E-state index in [-0.39, 0.29) is 0 Å². The van der Waals surface area contributed by atoms with Gasteiger partial charge in [0.25, 0.3) is 0 Å². The lowest BCUT2D eigenvalue weighted by molar-refractivity contribution is 0.0893. The minimum absolute atomic E-state index is 0.333. The van der Waals surface area contributed by atoms with E-state index in [9.17, 15) is 0 Å². The Morgan fingerprint density at radius 1 is 1.45 bits per heavy atom. The number of rotatable bonds is 6. The maximum atomic E-state index is 6.40. The van der Waals surface area contributed by atoms with Crippen molar-refractivity contribution in [2.75, 3.05) is 31.6 Å². The van der Waals surface area contributed by atoms with Crippen molar-refractivity contribution in [1.29, 1.82) is 0 Å². The fraction of sp³-hybridized carbons (Fsp3) is 0.625. The molecule has 0 amide bonds. The van der Waals surface area contributed by atoms with Gasteiger partial charge in [-0.15, -0.1) is 0 Å². The molecule has 1 atom stereocenters. The molecular formula is C16H25ClN2O. The summed E-state index contributed by atoms with van der Waals surface area (Å²) in [4.78, 5) is 2.41. The molecular weight excluding hydrogens is 272 g/mol. The molecule has 20 heavy (non-hydrogen) atoms. The molecule has 1 aliphatic rings. The highest BCUT2D eigenvalue weighted by molar-refractivity contribution is 6.31. The standard InChI is InChI=1S/C16H25ClN2O/c1-3-9-18-11-14-15(17)7-4-8-16(14)19-10-5-6-13(12-19)20-2/h4,7-8,13,18H,3,5-6,9-12H2,1-2H3. The smallest absolute Gasteiger partial charge is 0.0746 e. The van der Waals surface area contributed by atoms with Gasteiger partial charge in [0, 0.05) is 43.0 Å². The fourth-order valence-electron chi connectivity index (χ4n) is 2.76. The number of piperidine rings is 1. The van der Waals surface area contributed by atoms with Crippen LogP contribution >= 0.6 is 11.6 Å². The molecule has 0 saturated carbocycles. The molecule has 0 bridgehead atoms. The predicted molar refractivity (Wildman–Crippen MR) is 85.7 cm³/mol. The summed E-state index contributed by atoms with van der Waals surface area (Å²) in [7, 11) is 1.80. The topological polar surface area (TPSA) is 24.5 Å². The average molecular weight is 297 g/mol. The Kier molecular flexibility index (Phi) is 6.14. The Bertz CT molecular complexity index is 425. The van der Waals surface area contributed by atoms with E-state index in [1.807, 2.05) is 12.1 Å². The fourth-order valence-corrected chi connectivity index (χ4v) is 2.99. The zero-order valence-electron chi connectivity index (χ0n) is 12.5. The first-order valence-electron chi connectivity index (χ1n) is 7.52. The van der Waals surface area contributed by atoms with Crippen LogP contribution in [-0.2, 0) is 11.3 Å². The van der Waals surface area contributed by atoms with Gasteiger partial charge in [-0.25, -0.2) is 0 Å². The highest BCUT2D eigenvalue weighted by atomic mass is 35.5. The van der Waals surface area contributed by atoms with Crippen molar-refractivity contribution in [2.24, 2.45) is 0 Å². The lowest BCUT2D eigenvalue weighted by Crippen LogP contribution is -2.40. The van der Waals surface area contributed by atoms with Crippen molar-refractivity contribution in [3.63, 3.8) is 0 Å². The first-order chi connectivity index (χ1) is 9.76. The van der Waals surface area contributed by atoms with Crippen molar-refractivity contribution in [2.45, 2.75) is 38.8 Å². The number of ether oxygens (including phenoxy) is 1. The van der Waals surface area contributed by atoms with E-state index in [1.165, 1.54) is 17.7 Å². The van der Waals surface area contributed by atoms with E-state index in [0.29, 0.717) is 6.10 Å². The van der Waals surface area contributed by atoms with E-state index in [4.69, 9.17) is 16.3 Å². The minimum atomic E-state index is 0.333. The van der Waals surface area contributed by atoms with Crippen LogP contribution < -0.4 is 10.2 Å². The Balaban J connectivity index is 2.15. The Morgan fingerprint density at radius 2 is 2.30 bits per heavy atom. The maximum Gasteiger partial charge on any atom is 0.0746 e. The van der Waals surface area contributed by atoms with Crippen molar-refractivity contribution >= 4 is 17.3 Å². The monoisotopic (exact) mass is 296 g/mol. The molecule has 3 nitrogen and oxygen atoms in total. The summed E-state index contributed by atoms with van der Waals surface area (Å²) >= 11 is 6.40. The first-order valence-corrected chi connectivity index (χ1v) is 7.90. The van der Waals surface area contributed by atoms with Gasteiger partial charge < -0.3 is 15.0 Å². The summed E-state index contributed by atoms with van der Waals surface area (Å²) < 4.78 is 5.52. The van der Waals surface area contributed by atoms with Crippen molar-refractivity contribution in [3.05, 3.63) is 28.8 Å². The van der Waals surface area contributed by atoms with Gasteiger partial charge in [0.05, 0.1) is 6.10 Å². The van der Waals surface area contributed by atoms with Crippen molar-refractivity contribution in [3.8, 4) is 0 Å². The quantitative estimate of drug-likeness (QED) is 0.814. The lowest BCUT2D eigenvalue weighted by atomic mass is 10.0. The number of benzene rings is 1. The van der Waals surface area contributed by atoms with Crippen LogP contribution in [0, 0.1) is 0 Å². The van der Waals surface area contributed by atoms with Gasteiger partial charge in [-0.05, 0) is 37.9 Å². The number of nitrogens with one attached hydrogen (secondary N) is 1. The van der Waals surface area contributed by atoms with Gasteiger partial charge in [0.1, 0.15) is 0 Å². The number of hydrogen-bond acceptors (Lipinski definition) is 3. The molecule has 1 aliphatic heterocycles. The Hall–Kier alpha value is -0.770. The molecule has 2 rings (SSSR count). The molecule has 1 unspecified atom stereocenters. The molecule has 1 N–H and O–H groups in total. The van der Waals surface area contributed by atoms with Crippen LogP contribution in [0.5, 0.6) is 0 Å². The van der Waals surface area contributed by atoms with Gasteiger partial charge >= 0.3 is 0 Å². The van der Waals surface area contributed by atoms with E-state index >= 15 is 0 Å². The van der Waals surface area contributed by atoms with Crippen molar-refractivity contribution < 1.29 is 4.74 Å². The second kappa shape index (κ2) is 7.87. The summed E-state index contributed by atoms with van der Waals surface area (Å²) in [6.07, 6.45) is 3.79. The molecule has 0 radical (unpaired) electrons. The van der Waals surface area contributed by atoms with E-state index < -0.39 is 0 Å². The summed E-state index contributed by atoms with van der Waals surface area (Å²) in [5.41, 5.74) is 2.46. The van der Waals surface area contributed by atoms with Crippen LogP contribution in [0.2, 0.25) is 5.02 Å². The number of methoxy groups -OCH3 is 1. The van der Waals surface area contributed by atoms with Crippen LogP contribution in [0.1, 0.15) is 31.7 Å². The molecule has 1 aromatic carbocycles. The maximum absolute atomic E-state index is 6.40. The molecule has 1 saturated heterocycles. The zero-order valence-corrected chi connectivity index (χ0v) is 13.2. The van der Waals surface area contributed by atoms with Crippen LogP contribution in [0.3, 0.4) is 0 Å². The highest BCUT2D eigenvalue weighted by Crippen LogP contribution is 2.30. The SMILES string of the molecule is CCCNCc1c(Cl)cccc1N1CCCC(OC)C1. The summed E-state index contributed by atoms with van der Waals surface area (Å²) in [6.45, 7) is 6.06. The van der Waals surface area contributed by atoms with Gasteiger partial charge in [0.2, 0.25) is 0 Å². The summed E-state index contributed by atoms with van der Waals surface area (Å²) in [6, 6.07) is 6.19. The third-order valence-corrected chi connectivity index (χ3v) is 4.23. The molecule has 0 aliphatic carbocycles. The molecule has 0 aromatic heterocycles. The van der Waals surface area contributed by atoms with E-state index in [1.54, 1.807) is 7.11 Å². The molecule has 0 spiro atoms. The molecule has 1 fully saturated rings. The summed E-state index contributed by atoms with van der Waals surface area (Å²) in [5.74, 6) is 0. The minimum Gasteiger partial charge on any atom is -0.380 e. The Morgan fingerprint density at radius 3 is 3.05 bits per heavy atom. The van der Waals surface area contributed by atoms with Crippen LogP contribution in [0.25, 0.3) is 0 Å². The van der Waals surface area contributed by atoms with Gasteiger partial charge in [0.15, 0.2) is 0 Å². The molecule has 1 heterocycles. The van der Waals surface area contributed by atoms with Crippen LogP contribution in [-0.4, -0.2) is 32.8 Å². The van der Waals surface area contributed by atoms with E-state index in [0.717, 1.165) is 44.0 Å². The zero-order chi connectivity index (χ0) is 14.4. The number of anilines is 1. The molecule has 4 heteroatoms. The van der Waals surface area contributed by atoms with Gasteiger partial charge in [-0.2, -0.15) is 0 Å². The Labute approximate surface area is 127 Å². The molecule has 112 valence electrons. The van der Waals surface area contributed by atoms with Gasteiger partial charge in [-0.3, -0.25) is 0 Å². The van der Waals surface area contributed by atoms with Gasteiger partial charge in [-0.1, -0.05) is 24.6 Å². The average Bonchev–Trinajstić information content (AvgIpc) is 2.49. The number of halogens is 1. The highest BCUT2D eigenvalue weighted by Gasteiger charge is 2.22. The number of nitrogens with zero attached hydrogens (tertiary/aromatic N) is 1. The third kappa shape index (κ3) is 3.87. The second-order valence-corrected chi connectivity index (χ2v) is 5.77. The second-order valence-electron chi connectivity index (χ2n) is 5.36. The van der Waals surface area contributed by atoms with Crippen LogP contribution in [0.4, 0.5) is 5.69 Å². The first kappa shape index (κ1) is 15.6. The third-order valence-electron chi connectivity index (χ3n) is 3.87.